The summed E-state index contributed by atoms with van der Waals surface area (Å²) in [4.78, 5) is 14.6. The first kappa shape index (κ1) is 21.0. The smallest absolute Gasteiger partial charge is 0.227 e. The van der Waals surface area contributed by atoms with Gasteiger partial charge in [-0.25, -0.2) is 17.1 Å². The molecule has 2 aliphatic rings. The predicted octanol–water partition coefficient (Wildman–Crippen LogP) is 2.30. The van der Waals surface area contributed by atoms with Gasteiger partial charge in [-0.1, -0.05) is 24.3 Å². The summed E-state index contributed by atoms with van der Waals surface area (Å²) in [5.74, 6) is 0.489. The van der Waals surface area contributed by atoms with Crippen molar-refractivity contribution in [3.63, 3.8) is 0 Å². The largest absolute Gasteiger partial charge is 0.483 e. The second-order valence-corrected chi connectivity index (χ2v) is 10.1. The summed E-state index contributed by atoms with van der Waals surface area (Å²) in [5.41, 5.74) is 0.517. The lowest BCUT2D eigenvalue weighted by Gasteiger charge is -2.34. The molecule has 0 saturated carbocycles. The van der Waals surface area contributed by atoms with Crippen molar-refractivity contribution in [2.24, 2.45) is 0 Å². The summed E-state index contributed by atoms with van der Waals surface area (Å²) >= 11 is 0. The van der Waals surface area contributed by atoms with Crippen molar-refractivity contribution in [1.82, 2.24) is 9.21 Å². The zero-order chi connectivity index (χ0) is 21.4. The van der Waals surface area contributed by atoms with Crippen LogP contribution in [-0.2, 0) is 29.7 Å². The fourth-order valence-corrected chi connectivity index (χ4v) is 4.78. The first-order chi connectivity index (χ1) is 14.2. The van der Waals surface area contributed by atoms with Crippen LogP contribution >= 0.6 is 0 Å². The van der Waals surface area contributed by atoms with Crippen LogP contribution < -0.4 is 10.2 Å². The quantitative estimate of drug-likeness (QED) is 0.691. The summed E-state index contributed by atoms with van der Waals surface area (Å²) < 4.78 is 50.3. The molecule has 0 spiro atoms. The minimum Gasteiger partial charge on any atom is -0.483 e. The van der Waals surface area contributed by atoms with Crippen LogP contribution in [0.1, 0.15) is 29.7 Å². The van der Waals surface area contributed by atoms with E-state index in [0.717, 1.165) is 19.3 Å². The molecule has 9 heteroatoms. The maximum atomic E-state index is 14.9. The monoisotopic (exact) mass is 436 g/mol. The molecule has 2 aliphatic heterocycles. The molecule has 1 saturated heterocycles. The average Bonchev–Trinajstić information content (AvgIpc) is 3.09. The van der Waals surface area contributed by atoms with Crippen LogP contribution in [0.15, 0.2) is 45.8 Å². The molecule has 1 aromatic heterocycles. The standard InChI is InChI=1S/C21H25FN2O5S/c1-30(26,27)24-8-6-21(22,7-9-24)15-29-20-14-28-18(10-19(20)25)13-23-11-16-4-2-3-5-17(16)12-23/h2-5,10,14H,6-9,11-13,15H2,1H3. The topological polar surface area (TPSA) is 80.1 Å². The molecule has 0 bridgehead atoms. The van der Waals surface area contributed by atoms with Crippen LogP contribution in [0.25, 0.3) is 0 Å². The number of sulfonamides is 1. The van der Waals surface area contributed by atoms with Crippen LogP contribution in [0.5, 0.6) is 5.75 Å². The molecule has 0 amide bonds. The van der Waals surface area contributed by atoms with Crippen LogP contribution in [0.2, 0.25) is 0 Å². The maximum absolute atomic E-state index is 14.9. The zero-order valence-electron chi connectivity index (χ0n) is 16.8. The van der Waals surface area contributed by atoms with Gasteiger partial charge in [-0.05, 0) is 24.0 Å². The Balaban J connectivity index is 1.33. The summed E-state index contributed by atoms with van der Waals surface area (Å²) in [6, 6.07) is 9.59. The van der Waals surface area contributed by atoms with E-state index in [-0.39, 0.29) is 43.7 Å². The summed E-state index contributed by atoms with van der Waals surface area (Å²) in [5, 5.41) is 0. The van der Waals surface area contributed by atoms with Gasteiger partial charge in [0.15, 0.2) is 0 Å². The predicted molar refractivity (Wildman–Crippen MR) is 109 cm³/mol. The number of ether oxygens (including phenoxy) is 1. The van der Waals surface area contributed by atoms with Crippen molar-refractivity contribution in [2.75, 3.05) is 26.0 Å². The Morgan fingerprint density at radius 2 is 1.80 bits per heavy atom. The third kappa shape index (κ3) is 4.74. The summed E-state index contributed by atoms with van der Waals surface area (Å²) in [6.45, 7) is 1.99. The van der Waals surface area contributed by atoms with Gasteiger partial charge in [0.05, 0.1) is 12.8 Å². The number of benzene rings is 1. The molecule has 1 fully saturated rings. The van der Waals surface area contributed by atoms with Gasteiger partial charge in [-0.2, -0.15) is 0 Å². The van der Waals surface area contributed by atoms with E-state index in [0.29, 0.717) is 12.3 Å². The van der Waals surface area contributed by atoms with E-state index in [4.69, 9.17) is 9.15 Å². The number of piperidine rings is 1. The second kappa shape index (κ2) is 8.13. The van der Waals surface area contributed by atoms with Gasteiger partial charge in [0.25, 0.3) is 0 Å². The highest BCUT2D eigenvalue weighted by Gasteiger charge is 2.38. The molecular formula is C21H25FN2O5S. The SMILES string of the molecule is CS(=O)(=O)N1CCC(F)(COc2coc(CN3Cc4ccccc4C3)cc2=O)CC1. The number of rotatable bonds is 6. The van der Waals surface area contributed by atoms with Gasteiger partial charge in [0.2, 0.25) is 21.2 Å². The van der Waals surface area contributed by atoms with Gasteiger partial charge in [0.1, 0.15) is 24.3 Å². The van der Waals surface area contributed by atoms with Crippen molar-refractivity contribution in [1.29, 1.82) is 0 Å². The Morgan fingerprint density at radius 1 is 1.17 bits per heavy atom. The Labute approximate surface area is 175 Å². The third-order valence-electron chi connectivity index (χ3n) is 5.71. The van der Waals surface area contributed by atoms with E-state index < -0.39 is 15.7 Å². The van der Waals surface area contributed by atoms with Crippen molar-refractivity contribution < 1.29 is 22.0 Å². The molecule has 0 radical (unpaired) electrons. The molecule has 7 nitrogen and oxygen atoms in total. The lowest BCUT2D eigenvalue weighted by molar-refractivity contribution is 0.0357. The van der Waals surface area contributed by atoms with Gasteiger partial charge in [-0.15, -0.1) is 0 Å². The van der Waals surface area contributed by atoms with E-state index >= 15 is 0 Å². The normalized spacial score (nSPS) is 19.5. The highest BCUT2D eigenvalue weighted by Crippen LogP contribution is 2.28. The molecule has 30 heavy (non-hydrogen) atoms. The minimum absolute atomic E-state index is 0.0268. The van der Waals surface area contributed by atoms with Gasteiger partial charge in [-0.3, -0.25) is 9.69 Å². The molecule has 4 rings (SSSR count). The number of fused-ring (bicyclic) bond motifs is 1. The third-order valence-corrected chi connectivity index (χ3v) is 7.02. The van der Waals surface area contributed by atoms with Crippen molar-refractivity contribution >= 4 is 10.0 Å². The first-order valence-corrected chi connectivity index (χ1v) is 11.7. The molecule has 3 heterocycles. The highest BCUT2D eigenvalue weighted by molar-refractivity contribution is 7.88. The van der Waals surface area contributed by atoms with E-state index in [1.165, 1.54) is 27.8 Å². The number of halogens is 1. The van der Waals surface area contributed by atoms with Crippen LogP contribution in [0, 0.1) is 0 Å². The minimum atomic E-state index is -3.33. The molecular weight excluding hydrogens is 411 g/mol. The van der Waals surface area contributed by atoms with E-state index in [1.807, 2.05) is 12.1 Å². The van der Waals surface area contributed by atoms with Gasteiger partial charge >= 0.3 is 0 Å². The van der Waals surface area contributed by atoms with Gasteiger partial charge in [0, 0.05) is 32.2 Å². The van der Waals surface area contributed by atoms with E-state index in [1.54, 1.807) is 0 Å². The van der Waals surface area contributed by atoms with Crippen molar-refractivity contribution in [3.8, 4) is 5.75 Å². The number of alkyl halides is 1. The number of hydrogen-bond donors (Lipinski definition) is 0. The Hall–Kier alpha value is -2.23. The molecule has 2 aromatic rings. The lowest BCUT2D eigenvalue weighted by Crippen LogP contribution is -2.46. The molecule has 0 atom stereocenters. The molecule has 1 aromatic carbocycles. The maximum Gasteiger partial charge on any atom is 0.227 e. The summed E-state index contributed by atoms with van der Waals surface area (Å²) in [6.07, 6.45) is 2.40. The van der Waals surface area contributed by atoms with E-state index in [2.05, 4.69) is 17.0 Å². The van der Waals surface area contributed by atoms with Crippen molar-refractivity contribution in [2.45, 2.75) is 38.1 Å². The highest BCUT2D eigenvalue weighted by atomic mass is 32.2. The van der Waals surface area contributed by atoms with Crippen LogP contribution in [0.4, 0.5) is 4.39 Å². The lowest BCUT2D eigenvalue weighted by atomic mass is 9.95. The Kier molecular flexibility index (Phi) is 5.69. The fourth-order valence-electron chi connectivity index (χ4n) is 3.93. The van der Waals surface area contributed by atoms with E-state index in [9.17, 15) is 17.6 Å². The zero-order valence-corrected chi connectivity index (χ0v) is 17.7. The van der Waals surface area contributed by atoms with Crippen LogP contribution in [0.3, 0.4) is 0 Å². The van der Waals surface area contributed by atoms with Crippen LogP contribution in [-0.4, -0.2) is 49.2 Å². The fraction of sp³-hybridized carbons (Fsp3) is 0.476. The molecule has 162 valence electrons. The Morgan fingerprint density at radius 3 is 2.37 bits per heavy atom. The number of hydrogen-bond acceptors (Lipinski definition) is 6. The summed E-state index contributed by atoms with van der Waals surface area (Å²) in [7, 11) is -3.33. The molecule has 0 N–H and O–H groups in total. The van der Waals surface area contributed by atoms with Crippen molar-refractivity contribution in [3.05, 3.63) is 63.7 Å². The molecule has 0 unspecified atom stereocenters. The van der Waals surface area contributed by atoms with Gasteiger partial charge < -0.3 is 9.15 Å². The second-order valence-electron chi connectivity index (χ2n) is 8.09. The Bertz CT molecular complexity index is 1050. The molecule has 0 aliphatic carbocycles. The average molecular weight is 437 g/mol. The first-order valence-electron chi connectivity index (χ1n) is 9.90. The number of nitrogens with zero attached hydrogens (tertiary/aromatic N) is 2.